The molecule has 0 radical (unpaired) electrons. The van der Waals surface area contributed by atoms with Crippen LogP contribution in [0.2, 0.25) is 0 Å². The third-order valence-corrected chi connectivity index (χ3v) is 6.13. The minimum absolute atomic E-state index is 0.0910. The number of fused-ring (bicyclic) bond motifs is 3. The Bertz CT molecular complexity index is 870. The van der Waals surface area contributed by atoms with Crippen LogP contribution in [0.15, 0.2) is 36.5 Å². The number of aryl methyl sites for hydroxylation is 2. The van der Waals surface area contributed by atoms with Gasteiger partial charge < -0.3 is 0 Å². The molecular formula is C21H21N3O. The van der Waals surface area contributed by atoms with Crippen molar-refractivity contribution in [2.75, 3.05) is 0 Å². The molecular weight excluding hydrogens is 310 g/mol. The Morgan fingerprint density at radius 2 is 2.04 bits per heavy atom. The molecule has 0 spiro atoms. The van der Waals surface area contributed by atoms with Crippen molar-refractivity contribution in [2.45, 2.75) is 38.5 Å². The number of carbonyl (C=O) groups is 1. The van der Waals surface area contributed by atoms with E-state index in [2.05, 4.69) is 23.2 Å². The van der Waals surface area contributed by atoms with E-state index in [0.29, 0.717) is 6.42 Å². The van der Waals surface area contributed by atoms with Gasteiger partial charge in [-0.2, -0.15) is 5.26 Å². The van der Waals surface area contributed by atoms with Gasteiger partial charge in [-0.15, -0.1) is 0 Å². The molecule has 2 aliphatic carbocycles. The molecule has 1 unspecified atom stereocenters. The van der Waals surface area contributed by atoms with Gasteiger partial charge in [0.1, 0.15) is 11.7 Å². The first kappa shape index (κ1) is 16.0. The Balaban J connectivity index is 2.02. The van der Waals surface area contributed by atoms with Crippen molar-refractivity contribution >= 4 is 5.78 Å². The Hall–Kier alpha value is -2.54. The van der Waals surface area contributed by atoms with Gasteiger partial charge in [0.15, 0.2) is 5.78 Å². The molecule has 2 aliphatic rings. The number of rotatable bonds is 1. The summed E-state index contributed by atoms with van der Waals surface area (Å²) in [6.45, 7) is 3.90. The van der Waals surface area contributed by atoms with Crippen molar-refractivity contribution in [2.24, 2.45) is 17.8 Å². The van der Waals surface area contributed by atoms with E-state index in [1.807, 2.05) is 38.2 Å². The minimum atomic E-state index is -0.576. The fraction of sp³-hybridized carbons (Fsp3) is 0.429. The second-order valence-corrected chi connectivity index (χ2v) is 7.35. The molecule has 4 rings (SSSR count). The lowest BCUT2D eigenvalue weighted by molar-refractivity contribution is -0.131. The number of Topliss-reactive ketones (excluding diaryl/α,β-unsaturated/α-hetero) is 1. The summed E-state index contributed by atoms with van der Waals surface area (Å²) in [6, 6.07) is 12.6. The van der Waals surface area contributed by atoms with Gasteiger partial charge in [0.2, 0.25) is 0 Å². The molecule has 126 valence electrons. The van der Waals surface area contributed by atoms with E-state index < -0.39 is 5.92 Å². The van der Waals surface area contributed by atoms with Crippen LogP contribution in [0.3, 0.4) is 0 Å². The maximum Gasteiger partial charge on any atom is 0.153 e. The quantitative estimate of drug-likeness (QED) is 0.803. The Morgan fingerprint density at radius 3 is 2.76 bits per heavy atom. The monoisotopic (exact) mass is 331 g/mol. The normalized spacial score (nSPS) is 30.9. The summed E-state index contributed by atoms with van der Waals surface area (Å²) in [5, 5.41) is 9.63. The van der Waals surface area contributed by atoms with Crippen molar-refractivity contribution in [3.8, 4) is 6.07 Å². The van der Waals surface area contributed by atoms with Crippen LogP contribution < -0.4 is 0 Å². The predicted molar refractivity (Wildman–Crippen MR) is 93.7 cm³/mol. The smallest absolute Gasteiger partial charge is 0.153 e. The average molecular weight is 331 g/mol. The molecule has 1 saturated carbocycles. The van der Waals surface area contributed by atoms with Crippen LogP contribution >= 0.6 is 0 Å². The van der Waals surface area contributed by atoms with Gasteiger partial charge in [0.25, 0.3) is 0 Å². The zero-order chi connectivity index (χ0) is 17.6. The summed E-state index contributed by atoms with van der Waals surface area (Å²) in [4.78, 5) is 21.9. The Morgan fingerprint density at radius 1 is 1.28 bits per heavy atom. The van der Waals surface area contributed by atoms with E-state index in [0.717, 1.165) is 29.9 Å². The summed E-state index contributed by atoms with van der Waals surface area (Å²) in [7, 11) is 0. The molecule has 25 heavy (non-hydrogen) atoms. The predicted octanol–water partition coefficient (Wildman–Crippen LogP) is 3.38. The van der Waals surface area contributed by atoms with Crippen molar-refractivity contribution < 1.29 is 4.79 Å². The van der Waals surface area contributed by atoms with Gasteiger partial charge in [-0.1, -0.05) is 37.3 Å². The highest BCUT2D eigenvalue weighted by molar-refractivity contribution is 5.87. The molecule has 0 amide bonds. The molecule has 1 heterocycles. The van der Waals surface area contributed by atoms with Gasteiger partial charge in [-0.3, -0.25) is 4.79 Å². The first-order chi connectivity index (χ1) is 12.1. The van der Waals surface area contributed by atoms with Crippen LogP contribution in [0.5, 0.6) is 0 Å². The van der Waals surface area contributed by atoms with Crippen LogP contribution in [0.4, 0.5) is 0 Å². The van der Waals surface area contributed by atoms with Crippen LogP contribution in [0.1, 0.15) is 42.4 Å². The molecule has 4 heteroatoms. The largest absolute Gasteiger partial charge is 0.298 e. The number of nitrogens with zero attached hydrogens (tertiary/aromatic N) is 3. The molecule has 0 bridgehead atoms. The van der Waals surface area contributed by atoms with Crippen LogP contribution in [-0.2, 0) is 16.6 Å². The fourth-order valence-corrected chi connectivity index (χ4v) is 4.97. The van der Waals surface area contributed by atoms with Crippen molar-refractivity contribution in [1.29, 1.82) is 5.26 Å². The number of ketones is 1. The van der Waals surface area contributed by atoms with Gasteiger partial charge in [0.05, 0.1) is 11.8 Å². The summed E-state index contributed by atoms with van der Waals surface area (Å²) in [6.07, 6.45) is 4.27. The van der Waals surface area contributed by atoms with E-state index in [4.69, 9.17) is 4.98 Å². The lowest BCUT2D eigenvalue weighted by atomic mass is 9.51. The van der Waals surface area contributed by atoms with E-state index in [1.165, 1.54) is 5.56 Å². The third kappa shape index (κ3) is 2.22. The van der Waals surface area contributed by atoms with Crippen molar-refractivity contribution in [3.63, 3.8) is 0 Å². The van der Waals surface area contributed by atoms with E-state index >= 15 is 0 Å². The maximum atomic E-state index is 12.7. The lowest BCUT2D eigenvalue weighted by Gasteiger charge is -2.51. The van der Waals surface area contributed by atoms with Gasteiger partial charge in [-0.05, 0) is 43.2 Å². The number of hydrogen-bond donors (Lipinski definition) is 0. The number of nitriles is 1. The highest BCUT2D eigenvalue weighted by Gasteiger charge is 2.56. The second kappa shape index (κ2) is 5.77. The highest BCUT2D eigenvalue weighted by atomic mass is 16.1. The first-order valence-corrected chi connectivity index (χ1v) is 8.90. The van der Waals surface area contributed by atoms with Crippen LogP contribution in [0.25, 0.3) is 0 Å². The number of benzene rings is 1. The molecule has 2 aromatic rings. The van der Waals surface area contributed by atoms with Gasteiger partial charge in [0, 0.05) is 17.5 Å². The van der Waals surface area contributed by atoms with Crippen LogP contribution in [-0.4, -0.2) is 15.8 Å². The molecule has 0 aliphatic heterocycles. The first-order valence-electron chi connectivity index (χ1n) is 8.90. The zero-order valence-corrected chi connectivity index (χ0v) is 14.6. The number of carbonyl (C=O) groups excluding carboxylic acids is 1. The van der Waals surface area contributed by atoms with Crippen molar-refractivity contribution in [3.05, 3.63) is 59.2 Å². The molecule has 1 aromatic heterocycles. The van der Waals surface area contributed by atoms with E-state index in [-0.39, 0.29) is 23.0 Å². The minimum Gasteiger partial charge on any atom is -0.298 e. The number of aromatic nitrogens is 2. The molecule has 0 saturated heterocycles. The highest BCUT2D eigenvalue weighted by Crippen LogP contribution is 2.55. The standard InChI is InChI=1S/C21H21N3O/c1-13-18-9-8-15-12-23-14(2)24-20(15)21(18,10-16(11-22)19(13)25)17-6-4-3-5-7-17/h3-7,12-13,16,18H,8-10H2,1-2H3/t13-,16?,18-,21+/m0/s1. The van der Waals surface area contributed by atoms with Crippen LogP contribution in [0, 0.1) is 36.0 Å². The SMILES string of the molecule is Cc1ncc2c(n1)[C@@]1(c3ccccc3)CC(C#N)C(=O)[C@@H](C)[C@@H]1CC2. The Labute approximate surface area is 147 Å². The topological polar surface area (TPSA) is 66.6 Å². The summed E-state index contributed by atoms with van der Waals surface area (Å²) in [5.74, 6) is 0.296. The second-order valence-electron chi connectivity index (χ2n) is 7.35. The summed E-state index contributed by atoms with van der Waals surface area (Å²) in [5.41, 5.74) is 2.97. The zero-order valence-electron chi connectivity index (χ0n) is 14.6. The molecule has 4 atom stereocenters. The van der Waals surface area contributed by atoms with E-state index in [9.17, 15) is 10.1 Å². The fourth-order valence-electron chi connectivity index (χ4n) is 4.97. The third-order valence-electron chi connectivity index (χ3n) is 6.13. The van der Waals surface area contributed by atoms with E-state index in [1.54, 1.807) is 0 Å². The van der Waals surface area contributed by atoms with Gasteiger partial charge in [-0.25, -0.2) is 9.97 Å². The number of hydrogen-bond acceptors (Lipinski definition) is 4. The van der Waals surface area contributed by atoms with Crippen molar-refractivity contribution in [1.82, 2.24) is 9.97 Å². The molecule has 1 aromatic carbocycles. The Kier molecular flexibility index (Phi) is 3.68. The molecule has 0 N–H and O–H groups in total. The molecule has 1 fully saturated rings. The summed E-state index contributed by atoms with van der Waals surface area (Å²) < 4.78 is 0. The lowest BCUT2D eigenvalue weighted by Crippen LogP contribution is -2.53. The maximum absolute atomic E-state index is 12.7. The summed E-state index contributed by atoms with van der Waals surface area (Å²) >= 11 is 0. The molecule has 4 nitrogen and oxygen atoms in total. The average Bonchev–Trinajstić information content (AvgIpc) is 2.65. The van der Waals surface area contributed by atoms with Gasteiger partial charge >= 0.3 is 0 Å².